The number of piperidine rings is 1. The Balaban J connectivity index is 1.50. The lowest BCUT2D eigenvalue weighted by atomic mass is 9.89. The highest BCUT2D eigenvalue weighted by molar-refractivity contribution is 5.90. The summed E-state index contributed by atoms with van der Waals surface area (Å²) in [6.45, 7) is 4.23. The molecule has 1 saturated carbocycles. The molecule has 2 aromatic carbocycles. The highest BCUT2D eigenvalue weighted by atomic mass is 16.1. The number of nitrogen functional groups attached to an aromatic ring is 1. The van der Waals surface area contributed by atoms with Gasteiger partial charge in [-0.1, -0.05) is 24.3 Å². The number of nitrogens with zero attached hydrogens (tertiary/aromatic N) is 3. The van der Waals surface area contributed by atoms with Gasteiger partial charge >= 0.3 is 0 Å². The highest BCUT2D eigenvalue weighted by Gasteiger charge is 2.55. The van der Waals surface area contributed by atoms with E-state index in [0.29, 0.717) is 24.1 Å². The molecule has 8 N–H and O–H groups in total. The molecule has 1 aliphatic heterocycles. The van der Waals surface area contributed by atoms with Gasteiger partial charge in [0, 0.05) is 69.0 Å². The minimum absolute atomic E-state index is 0.231. The first-order valence-electron chi connectivity index (χ1n) is 13.6. The summed E-state index contributed by atoms with van der Waals surface area (Å²) in [5, 5.41) is 6.71. The number of aromatic nitrogens is 1. The molecule has 5 rings (SSSR count). The Hall–Kier alpha value is -4.21. The van der Waals surface area contributed by atoms with Crippen LogP contribution >= 0.6 is 0 Å². The second-order valence-electron chi connectivity index (χ2n) is 10.6. The number of hydrogen-bond acceptors (Lipinski definition) is 9. The predicted molar refractivity (Wildman–Crippen MR) is 164 cm³/mol. The van der Waals surface area contributed by atoms with E-state index in [1.165, 1.54) is 0 Å². The van der Waals surface area contributed by atoms with Gasteiger partial charge in [-0.3, -0.25) is 4.99 Å². The fraction of sp³-hybridized carbons (Fsp3) is 0.323. The van der Waals surface area contributed by atoms with Crippen LogP contribution in [-0.4, -0.2) is 51.2 Å². The van der Waals surface area contributed by atoms with Crippen LogP contribution in [0.1, 0.15) is 33.9 Å². The van der Waals surface area contributed by atoms with Crippen LogP contribution in [0.25, 0.3) is 5.57 Å². The van der Waals surface area contributed by atoms with E-state index in [4.69, 9.17) is 22.2 Å². The number of hydrogen-bond donors (Lipinski definition) is 5. The van der Waals surface area contributed by atoms with Gasteiger partial charge in [0.2, 0.25) is 0 Å². The molecule has 1 aliphatic carbocycles. The molecule has 3 aromatic rings. The van der Waals surface area contributed by atoms with Crippen LogP contribution in [0.4, 0.5) is 22.9 Å². The highest BCUT2D eigenvalue weighted by Crippen LogP contribution is 2.51. The Bertz CT molecular complexity index is 1440. The molecule has 2 aliphatic rings. The molecule has 2 fully saturated rings. The third kappa shape index (κ3) is 5.05. The van der Waals surface area contributed by atoms with Gasteiger partial charge in [-0.15, -0.1) is 0 Å². The normalized spacial score (nSPS) is 20.9. The van der Waals surface area contributed by atoms with Crippen molar-refractivity contribution in [3.05, 3.63) is 82.7 Å². The quantitative estimate of drug-likeness (QED) is 0.150. The molecule has 0 amide bonds. The zero-order valence-corrected chi connectivity index (χ0v) is 23.3. The van der Waals surface area contributed by atoms with Crippen molar-refractivity contribution >= 4 is 41.0 Å². The minimum atomic E-state index is -0.462. The summed E-state index contributed by atoms with van der Waals surface area (Å²) in [5.74, 6) is 2.11. The number of aliphatic imine (C=N–C) groups is 1. The maximum absolute atomic E-state index is 11.1. The molecule has 0 bridgehead atoms. The van der Waals surface area contributed by atoms with Crippen LogP contribution in [0.5, 0.6) is 0 Å². The van der Waals surface area contributed by atoms with Crippen molar-refractivity contribution in [1.29, 1.82) is 0 Å². The van der Waals surface area contributed by atoms with Crippen molar-refractivity contribution in [3.8, 4) is 0 Å². The van der Waals surface area contributed by atoms with Crippen LogP contribution in [0, 0.1) is 24.7 Å². The molecular formula is C31H38N8O. The van der Waals surface area contributed by atoms with Crippen molar-refractivity contribution in [3.63, 3.8) is 0 Å². The Morgan fingerprint density at radius 2 is 1.95 bits per heavy atom. The molecular weight excluding hydrogens is 500 g/mol. The van der Waals surface area contributed by atoms with E-state index in [1.807, 2.05) is 55.8 Å². The summed E-state index contributed by atoms with van der Waals surface area (Å²) in [5.41, 5.74) is 27.4. The van der Waals surface area contributed by atoms with Gasteiger partial charge in [-0.05, 0) is 64.8 Å². The largest absolute Gasteiger partial charge is 0.398 e. The molecule has 0 spiro atoms. The summed E-state index contributed by atoms with van der Waals surface area (Å²) in [4.78, 5) is 22.4. The number of anilines is 4. The monoisotopic (exact) mass is 538 g/mol. The number of pyridine rings is 1. The summed E-state index contributed by atoms with van der Waals surface area (Å²) in [6.07, 6.45) is 6.63. The number of carbonyl (C=O) groups is 1. The van der Waals surface area contributed by atoms with E-state index in [1.54, 1.807) is 13.3 Å². The maximum atomic E-state index is 11.1. The second kappa shape index (κ2) is 11.5. The standard InChI is InChI=1S/C31H38N8O/c1-18-21(19(11-32)12-35-2)8-9-23(30(34)22-5-4-6-28(33)24(22)14-36-3)31(18)38-20-7-10-29(37-13-20)39-15-25-26(16-39)27(25)17-40/h4-10,12-14,17,25-27,30,35,38H,11,15-16,32-34H2,1-3H3/b19-12+,36-14?. The molecule has 40 heavy (non-hydrogen) atoms. The summed E-state index contributed by atoms with van der Waals surface area (Å²) in [6, 6.07) is 13.5. The maximum Gasteiger partial charge on any atom is 0.128 e. The fourth-order valence-corrected chi connectivity index (χ4v) is 6.00. The summed E-state index contributed by atoms with van der Waals surface area (Å²) >= 11 is 0. The van der Waals surface area contributed by atoms with E-state index in [9.17, 15) is 4.79 Å². The van der Waals surface area contributed by atoms with Crippen molar-refractivity contribution in [2.45, 2.75) is 13.0 Å². The van der Waals surface area contributed by atoms with Gasteiger partial charge < -0.3 is 37.5 Å². The van der Waals surface area contributed by atoms with Gasteiger partial charge in [0.05, 0.1) is 17.9 Å². The van der Waals surface area contributed by atoms with E-state index in [0.717, 1.165) is 70.0 Å². The van der Waals surface area contributed by atoms with Crippen LogP contribution in [0.3, 0.4) is 0 Å². The first-order valence-corrected chi connectivity index (χ1v) is 13.6. The fourth-order valence-electron chi connectivity index (χ4n) is 6.00. The van der Waals surface area contributed by atoms with Crippen molar-refractivity contribution in [1.82, 2.24) is 10.3 Å². The molecule has 1 saturated heterocycles. The number of carbonyl (C=O) groups excluding carboxylic acids is 1. The van der Waals surface area contributed by atoms with E-state index in [2.05, 4.69) is 33.5 Å². The Labute approximate surface area is 235 Å². The SMILES string of the molecule is CN=Cc1c(N)cccc1C(N)c1ccc(/C(=C/NC)CN)c(C)c1Nc1ccc(N2CC3C(C=O)C3C2)nc1. The molecule has 1 aromatic heterocycles. The number of fused-ring (bicyclic) bond motifs is 1. The smallest absolute Gasteiger partial charge is 0.128 e. The van der Waals surface area contributed by atoms with E-state index in [-0.39, 0.29) is 5.92 Å². The van der Waals surface area contributed by atoms with Gasteiger partial charge in [-0.2, -0.15) is 0 Å². The zero-order chi connectivity index (χ0) is 28.4. The van der Waals surface area contributed by atoms with Crippen LogP contribution in [0.2, 0.25) is 0 Å². The summed E-state index contributed by atoms with van der Waals surface area (Å²) < 4.78 is 0. The van der Waals surface area contributed by atoms with Gasteiger partial charge in [0.25, 0.3) is 0 Å². The first kappa shape index (κ1) is 27.4. The third-order valence-electron chi connectivity index (χ3n) is 8.24. The lowest BCUT2D eigenvalue weighted by Crippen LogP contribution is -2.25. The minimum Gasteiger partial charge on any atom is -0.398 e. The Morgan fingerprint density at radius 1 is 1.18 bits per heavy atom. The van der Waals surface area contributed by atoms with Crippen LogP contribution < -0.4 is 32.7 Å². The van der Waals surface area contributed by atoms with Crippen LogP contribution in [-0.2, 0) is 4.79 Å². The number of nitrogens with two attached hydrogens (primary N) is 3. The molecule has 208 valence electrons. The second-order valence-corrected chi connectivity index (χ2v) is 10.6. The molecule has 9 nitrogen and oxygen atoms in total. The number of rotatable bonds is 10. The van der Waals surface area contributed by atoms with Crippen molar-refractivity contribution < 1.29 is 4.79 Å². The molecule has 3 unspecified atom stereocenters. The third-order valence-corrected chi connectivity index (χ3v) is 8.24. The van der Waals surface area contributed by atoms with E-state index < -0.39 is 6.04 Å². The number of nitrogens with one attached hydrogen (secondary N) is 2. The number of aldehydes is 1. The molecule has 2 heterocycles. The predicted octanol–water partition coefficient (Wildman–Crippen LogP) is 3.21. The Morgan fingerprint density at radius 3 is 2.58 bits per heavy atom. The van der Waals surface area contributed by atoms with E-state index >= 15 is 0 Å². The van der Waals surface area contributed by atoms with Gasteiger partial charge in [0.15, 0.2) is 0 Å². The lowest BCUT2D eigenvalue weighted by molar-refractivity contribution is -0.109. The van der Waals surface area contributed by atoms with Crippen molar-refractivity contribution in [2.24, 2.45) is 34.2 Å². The Kier molecular flexibility index (Phi) is 7.86. The van der Waals surface area contributed by atoms with Crippen molar-refractivity contribution in [2.75, 3.05) is 49.7 Å². The average Bonchev–Trinajstić information content (AvgIpc) is 3.44. The average molecular weight is 539 g/mol. The van der Waals surface area contributed by atoms with Gasteiger partial charge in [0.1, 0.15) is 12.1 Å². The lowest BCUT2D eigenvalue weighted by Gasteiger charge is -2.24. The van der Waals surface area contributed by atoms with Crippen LogP contribution in [0.15, 0.2) is 59.9 Å². The molecule has 9 heteroatoms. The topological polar surface area (TPSA) is 148 Å². The van der Waals surface area contributed by atoms with Gasteiger partial charge in [-0.25, -0.2) is 4.98 Å². The summed E-state index contributed by atoms with van der Waals surface area (Å²) in [7, 11) is 3.58. The first-order chi connectivity index (χ1) is 19.4. The zero-order valence-electron chi connectivity index (χ0n) is 23.3. The molecule has 0 radical (unpaired) electrons. The molecule has 3 atom stereocenters. The number of benzene rings is 2.